The van der Waals surface area contributed by atoms with Crippen LogP contribution in [0.1, 0.15) is 36.1 Å². The van der Waals surface area contributed by atoms with Gasteiger partial charge in [0.15, 0.2) is 0 Å². The lowest BCUT2D eigenvalue weighted by molar-refractivity contribution is -0.107. The molecular formula is C26H27NO4. The molecule has 1 heterocycles. The van der Waals surface area contributed by atoms with Gasteiger partial charge in [-0.05, 0) is 24.3 Å². The molecule has 3 aromatic carbocycles. The Labute approximate surface area is 182 Å². The van der Waals surface area contributed by atoms with Crippen molar-refractivity contribution in [3.63, 3.8) is 0 Å². The van der Waals surface area contributed by atoms with Crippen molar-refractivity contribution in [2.75, 3.05) is 19.1 Å². The topological polar surface area (TPSA) is 59.0 Å². The molecule has 0 aromatic heterocycles. The van der Waals surface area contributed by atoms with Gasteiger partial charge in [-0.15, -0.1) is 0 Å². The number of fused-ring (bicyclic) bond motifs is 2. The standard InChI is InChI=1S/C26H27NO4/c1-26(2)20-10-12-22(29)19(16-27(3)17-8-6-5-7-9-17)25(20)31-24-18(14-15-28)23(30-4)13-11-21(24)26/h5-13,15,29H,14,16H2,1-4H3. The summed E-state index contributed by atoms with van der Waals surface area (Å²) in [4.78, 5) is 13.5. The predicted molar refractivity (Wildman–Crippen MR) is 122 cm³/mol. The lowest BCUT2D eigenvalue weighted by Crippen LogP contribution is -2.27. The Morgan fingerprint density at radius 2 is 1.65 bits per heavy atom. The number of methoxy groups -OCH3 is 1. The number of aldehydes is 1. The molecule has 0 aliphatic carbocycles. The molecule has 4 rings (SSSR count). The third-order valence-electron chi connectivity index (χ3n) is 6.10. The number of carbonyl (C=O) groups is 1. The first-order chi connectivity index (χ1) is 14.9. The zero-order chi connectivity index (χ0) is 22.2. The summed E-state index contributed by atoms with van der Waals surface area (Å²) >= 11 is 0. The number of rotatable bonds is 6. The third-order valence-corrected chi connectivity index (χ3v) is 6.10. The Hall–Kier alpha value is -3.47. The molecule has 0 atom stereocenters. The highest BCUT2D eigenvalue weighted by Gasteiger charge is 2.38. The number of ether oxygens (including phenoxy) is 2. The summed E-state index contributed by atoms with van der Waals surface area (Å²) in [6.07, 6.45) is 1.05. The van der Waals surface area contributed by atoms with Crippen molar-refractivity contribution >= 4 is 12.0 Å². The average molecular weight is 418 g/mol. The molecule has 0 radical (unpaired) electrons. The van der Waals surface area contributed by atoms with E-state index in [0.717, 1.165) is 28.7 Å². The van der Waals surface area contributed by atoms with E-state index in [4.69, 9.17) is 9.47 Å². The van der Waals surface area contributed by atoms with Gasteiger partial charge >= 0.3 is 0 Å². The molecule has 0 unspecified atom stereocenters. The van der Waals surface area contributed by atoms with Crippen LogP contribution in [0, 0.1) is 0 Å². The molecule has 0 saturated carbocycles. The van der Waals surface area contributed by atoms with Crippen molar-refractivity contribution in [1.29, 1.82) is 0 Å². The molecule has 0 bridgehead atoms. The van der Waals surface area contributed by atoms with E-state index in [0.29, 0.717) is 29.4 Å². The second-order valence-electron chi connectivity index (χ2n) is 8.35. The van der Waals surface area contributed by atoms with Crippen LogP contribution >= 0.6 is 0 Å². The summed E-state index contributed by atoms with van der Waals surface area (Å²) in [5.74, 6) is 2.08. The van der Waals surface area contributed by atoms with Crippen LogP contribution in [0.25, 0.3) is 0 Å². The highest BCUT2D eigenvalue weighted by Crippen LogP contribution is 2.53. The first-order valence-electron chi connectivity index (χ1n) is 10.3. The number of hydrogen-bond donors (Lipinski definition) is 1. The molecule has 160 valence electrons. The van der Waals surface area contributed by atoms with Crippen molar-refractivity contribution in [2.24, 2.45) is 0 Å². The molecule has 0 amide bonds. The van der Waals surface area contributed by atoms with Gasteiger partial charge in [-0.3, -0.25) is 0 Å². The molecular weight excluding hydrogens is 390 g/mol. The fourth-order valence-corrected chi connectivity index (χ4v) is 4.32. The van der Waals surface area contributed by atoms with Crippen LogP contribution in [-0.2, 0) is 23.2 Å². The van der Waals surface area contributed by atoms with Crippen molar-refractivity contribution < 1.29 is 19.4 Å². The number of phenolic OH excluding ortho intramolecular Hbond substituents is 1. The summed E-state index contributed by atoms with van der Waals surface area (Å²) in [5.41, 5.74) is 4.09. The lowest BCUT2D eigenvalue weighted by Gasteiger charge is -2.37. The normalized spacial score (nSPS) is 13.5. The highest BCUT2D eigenvalue weighted by atomic mass is 16.5. The number of benzene rings is 3. The van der Waals surface area contributed by atoms with Gasteiger partial charge in [-0.25, -0.2) is 0 Å². The van der Waals surface area contributed by atoms with E-state index in [1.54, 1.807) is 13.2 Å². The molecule has 3 aromatic rings. The average Bonchev–Trinajstić information content (AvgIpc) is 2.77. The Kier molecular flexibility index (Phi) is 5.36. The Bertz CT molecular complexity index is 1120. The zero-order valence-corrected chi connectivity index (χ0v) is 18.3. The maximum absolute atomic E-state index is 11.4. The zero-order valence-electron chi connectivity index (χ0n) is 18.3. The number of aromatic hydroxyl groups is 1. The van der Waals surface area contributed by atoms with Crippen molar-refractivity contribution in [3.8, 4) is 23.0 Å². The van der Waals surface area contributed by atoms with E-state index in [9.17, 15) is 9.90 Å². The van der Waals surface area contributed by atoms with E-state index in [1.165, 1.54) is 0 Å². The molecule has 5 heteroatoms. The number of para-hydroxylation sites is 1. The Balaban J connectivity index is 1.86. The number of carbonyl (C=O) groups excluding carboxylic acids is 1. The van der Waals surface area contributed by atoms with E-state index in [1.807, 2.05) is 55.6 Å². The van der Waals surface area contributed by atoms with Gasteiger partial charge in [-0.1, -0.05) is 44.2 Å². The van der Waals surface area contributed by atoms with Crippen molar-refractivity contribution in [1.82, 2.24) is 0 Å². The molecule has 0 saturated heterocycles. The fraction of sp³-hybridized carbons (Fsp3) is 0.269. The van der Waals surface area contributed by atoms with Crippen molar-refractivity contribution in [3.05, 3.63) is 76.9 Å². The largest absolute Gasteiger partial charge is 0.507 e. The van der Waals surface area contributed by atoms with Crippen molar-refractivity contribution in [2.45, 2.75) is 32.2 Å². The van der Waals surface area contributed by atoms with E-state index in [-0.39, 0.29) is 17.6 Å². The van der Waals surface area contributed by atoms with E-state index < -0.39 is 0 Å². The second kappa shape index (κ2) is 7.99. The van der Waals surface area contributed by atoms with Crippen LogP contribution in [-0.4, -0.2) is 25.6 Å². The third kappa shape index (κ3) is 3.50. The summed E-state index contributed by atoms with van der Waals surface area (Å²) in [6, 6.07) is 17.5. The summed E-state index contributed by atoms with van der Waals surface area (Å²) < 4.78 is 12.0. The van der Waals surface area contributed by atoms with Gasteiger partial charge in [0.1, 0.15) is 29.3 Å². The van der Waals surface area contributed by atoms with Gasteiger partial charge in [0.05, 0.1) is 12.7 Å². The minimum Gasteiger partial charge on any atom is -0.507 e. The van der Waals surface area contributed by atoms with Gasteiger partial charge in [0, 0.05) is 47.8 Å². The molecule has 5 nitrogen and oxygen atoms in total. The minimum atomic E-state index is -0.374. The summed E-state index contributed by atoms with van der Waals surface area (Å²) in [6.45, 7) is 4.73. The van der Waals surface area contributed by atoms with Crippen LogP contribution in [0.15, 0.2) is 54.6 Å². The molecule has 1 N–H and O–H groups in total. The Morgan fingerprint density at radius 3 is 2.29 bits per heavy atom. The first-order valence-corrected chi connectivity index (χ1v) is 10.3. The smallest absolute Gasteiger partial charge is 0.140 e. The summed E-state index contributed by atoms with van der Waals surface area (Å²) in [5, 5.41) is 10.8. The van der Waals surface area contributed by atoms with Crippen LogP contribution < -0.4 is 14.4 Å². The fourth-order valence-electron chi connectivity index (χ4n) is 4.32. The monoisotopic (exact) mass is 417 g/mol. The number of nitrogens with zero attached hydrogens (tertiary/aromatic N) is 1. The van der Waals surface area contributed by atoms with Crippen LogP contribution in [0.3, 0.4) is 0 Å². The maximum Gasteiger partial charge on any atom is 0.140 e. The summed E-state index contributed by atoms with van der Waals surface area (Å²) in [7, 11) is 3.57. The number of hydrogen-bond acceptors (Lipinski definition) is 5. The van der Waals surface area contributed by atoms with Gasteiger partial charge in [0.25, 0.3) is 0 Å². The number of anilines is 1. The first kappa shape index (κ1) is 20.8. The predicted octanol–water partition coefficient (Wildman–Crippen LogP) is 5.21. The minimum absolute atomic E-state index is 0.181. The second-order valence-corrected chi connectivity index (χ2v) is 8.35. The maximum atomic E-state index is 11.4. The molecule has 1 aliphatic rings. The lowest BCUT2D eigenvalue weighted by atomic mass is 9.74. The molecule has 31 heavy (non-hydrogen) atoms. The van der Waals surface area contributed by atoms with E-state index in [2.05, 4.69) is 18.7 Å². The highest BCUT2D eigenvalue weighted by molar-refractivity contribution is 5.69. The van der Waals surface area contributed by atoms with Gasteiger partial charge in [0.2, 0.25) is 0 Å². The SMILES string of the molecule is COc1ccc2c(c1CC=O)Oc1c(ccc(O)c1CN(C)c1ccccc1)C2(C)C. The van der Waals surface area contributed by atoms with Gasteiger partial charge in [-0.2, -0.15) is 0 Å². The van der Waals surface area contributed by atoms with Crippen LogP contribution in [0.4, 0.5) is 5.69 Å². The van der Waals surface area contributed by atoms with E-state index >= 15 is 0 Å². The molecule has 0 fully saturated rings. The Morgan fingerprint density at radius 1 is 1.00 bits per heavy atom. The molecule has 0 spiro atoms. The number of phenols is 1. The molecule has 1 aliphatic heterocycles. The van der Waals surface area contributed by atoms with Crippen LogP contribution in [0.2, 0.25) is 0 Å². The van der Waals surface area contributed by atoms with Gasteiger partial charge < -0.3 is 24.3 Å². The van der Waals surface area contributed by atoms with Crippen LogP contribution in [0.5, 0.6) is 23.0 Å². The quantitative estimate of drug-likeness (QED) is 0.558.